The number of aliphatic imine (C=N–C) groups is 1. The Bertz CT molecular complexity index is 472. The Morgan fingerprint density at radius 3 is 2.52 bits per heavy atom. The highest BCUT2D eigenvalue weighted by atomic mass is 16.4. The third kappa shape index (κ3) is 8.45. The van der Waals surface area contributed by atoms with Gasteiger partial charge in [0.05, 0.1) is 12.2 Å². The SMILES string of the molecule is CCC/C=C/CCCCCCCCC1=NC=C[N+]1(CCN)CC(=O)[O-]. The molecule has 0 aliphatic carbocycles. The minimum atomic E-state index is -1.05. The Kier molecular flexibility index (Phi) is 11.1. The molecule has 0 fully saturated rings. The second-order valence-corrected chi connectivity index (χ2v) is 6.84. The van der Waals surface area contributed by atoms with Crippen molar-refractivity contribution in [2.24, 2.45) is 10.7 Å². The quantitative estimate of drug-likeness (QED) is 0.280. The lowest BCUT2D eigenvalue weighted by Crippen LogP contribution is -2.55. The van der Waals surface area contributed by atoms with Crippen LogP contribution >= 0.6 is 0 Å². The molecular weight excluding hydrogens is 314 g/mol. The van der Waals surface area contributed by atoms with Gasteiger partial charge in [-0.25, -0.2) is 9.48 Å². The van der Waals surface area contributed by atoms with Crippen molar-refractivity contribution in [1.29, 1.82) is 0 Å². The number of carboxylic acids is 1. The molecule has 0 bridgehead atoms. The van der Waals surface area contributed by atoms with Crippen molar-refractivity contribution < 1.29 is 14.4 Å². The average Bonchev–Trinajstić information content (AvgIpc) is 2.94. The van der Waals surface area contributed by atoms with E-state index in [2.05, 4.69) is 24.1 Å². The van der Waals surface area contributed by atoms with Gasteiger partial charge in [0.15, 0.2) is 0 Å². The van der Waals surface area contributed by atoms with Gasteiger partial charge in [-0.3, -0.25) is 0 Å². The van der Waals surface area contributed by atoms with Crippen molar-refractivity contribution in [2.75, 3.05) is 19.6 Å². The van der Waals surface area contributed by atoms with Crippen LogP contribution in [0.5, 0.6) is 0 Å². The van der Waals surface area contributed by atoms with Crippen LogP contribution in [-0.2, 0) is 4.79 Å². The molecule has 5 nitrogen and oxygen atoms in total. The summed E-state index contributed by atoms with van der Waals surface area (Å²) in [7, 11) is 0. The number of aliphatic carboxylic acids is 1. The van der Waals surface area contributed by atoms with Crippen LogP contribution in [-0.4, -0.2) is 35.9 Å². The molecule has 142 valence electrons. The molecule has 0 saturated heterocycles. The van der Waals surface area contributed by atoms with Crippen LogP contribution in [0.15, 0.2) is 29.5 Å². The topological polar surface area (TPSA) is 78.5 Å². The van der Waals surface area contributed by atoms with E-state index in [1.165, 1.54) is 51.4 Å². The average molecular weight is 350 g/mol. The highest BCUT2D eigenvalue weighted by molar-refractivity contribution is 5.80. The second-order valence-electron chi connectivity index (χ2n) is 6.84. The molecule has 0 saturated carbocycles. The summed E-state index contributed by atoms with van der Waals surface area (Å²) < 4.78 is 0.239. The van der Waals surface area contributed by atoms with Crippen LogP contribution in [0.4, 0.5) is 0 Å². The number of quaternary nitrogens is 1. The standard InChI is InChI=1S/C20H35N3O2/c1-2-3-4-5-6-7-8-9-10-11-12-13-19-22-15-17-23(19,16-14-21)18-20(24)25/h4-5,15,17H,2-3,6-14,16,18,21H2,1H3/b5-4+. The second kappa shape index (κ2) is 12.8. The Morgan fingerprint density at radius 2 is 1.84 bits per heavy atom. The highest BCUT2D eigenvalue weighted by Crippen LogP contribution is 2.21. The Hall–Kier alpha value is -1.46. The van der Waals surface area contributed by atoms with Gasteiger partial charge in [-0.1, -0.05) is 51.2 Å². The maximum Gasteiger partial charge on any atom is 0.207 e. The van der Waals surface area contributed by atoms with E-state index < -0.39 is 5.97 Å². The first-order valence-corrected chi connectivity index (χ1v) is 9.81. The third-order valence-electron chi connectivity index (χ3n) is 4.67. The summed E-state index contributed by atoms with van der Waals surface area (Å²) in [6.07, 6.45) is 19.9. The summed E-state index contributed by atoms with van der Waals surface area (Å²) in [5.41, 5.74) is 5.67. The summed E-state index contributed by atoms with van der Waals surface area (Å²) in [6.45, 7) is 3.13. The fraction of sp³-hybridized carbons (Fsp3) is 0.700. The first-order chi connectivity index (χ1) is 12.1. The lowest BCUT2D eigenvalue weighted by atomic mass is 10.1. The summed E-state index contributed by atoms with van der Waals surface area (Å²) in [5.74, 6) is -0.142. The van der Waals surface area contributed by atoms with Crippen molar-refractivity contribution in [3.8, 4) is 0 Å². The molecule has 25 heavy (non-hydrogen) atoms. The Labute approximate surface area is 152 Å². The number of allylic oxidation sites excluding steroid dienone is 2. The van der Waals surface area contributed by atoms with E-state index >= 15 is 0 Å². The first-order valence-electron chi connectivity index (χ1n) is 9.81. The highest BCUT2D eigenvalue weighted by Gasteiger charge is 2.34. The number of nitrogens with zero attached hydrogens (tertiary/aromatic N) is 2. The predicted octanol–water partition coefficient (Wildman–Crippen LogP) is 2.87. The molecule has 0 amide bonds. The van der Waals surface area contributed by atoms with Gasteiger partial charge in [-0.05, 0) is 25.7 Å². The number of rotatable bonds is 15. The third-order valence-corrected chi connectivity index (χ3v) is 4.67. The van der Waals surface area contributed by atoms with Gasteiger partial charge in [0.2, 0.25) is 5.84 Å². The van der Waals surface area contributed by atoms with Crippen molar-refractivity contribution in [2.45, 2.75) is 71.1 Å². The lowest BCUT2D eigenvalue weighted by molar-refractivity contribution is -0.780. The number of unbranched alkanes of at least 4 members (excludes halogenated alkanes) is 7. The fourth-order valence-electron chi connectivity index (χ4n) is 3.28. The van der Waals surface area contributed by atoms with E-state index in [1.54, 1.807) is 6.20 Å². The van der Waals surface area contributed by atoms with Crippen molar-refractivity contribution in [3.63, 3.8) is 0 Å². The fourth-order valence-corrected chi connectivity index (χ4v) is 3.28. The van der Waals surface area contributed by atoms with Crippen LogP contribution in [0.1, 0.15) is 71.1 Å². The van der Waals surface area contributed by atoms with E-state index in [1.807, 2.05) is 6.20 Å². The van der Waals surface area contributed by atoms with Crippen LogP contribution in [0, 0.1) is 0 Å². The van der Waals surface area contributed by atoms with Crippen LogP contribution < -0.4 is 10.8 Å². The summed E-state index contributed by atoms with van der Waals surface area (Å²) in [6, 6.07) is 0. The molecule has 2 N–H and O–H groups in total. The van der Waals surface area contributed by atoms with Crippen LogP contribution in [0.3, 0.4) is 0 Å². The van der Waals surface area contributed by atoms with Gasteiger partial charge in [-0.2, -0.15) is 0 Å². The molecule has 0 aromatic carbocycles. The monoisotopic (exact) mass is 349 g/mol. The number of nitrogens with two attached hydrogens (primary N) is 1. The van der Waals surface area contributed by atoms with Gasteiger partial charge in [0.25, 0.3) is 0 Å². The first kappa shape index (κ1) is 21.6. The van der Waals surface area contributed by atoms with E-state index in [0.29, 0.717) is 13.1 Å². The van der Waals surface area contributed by atoms with E-state index in [-0.39, 0.29) is 11.0 Å². The van der Waals surface area contributed by atoms with Gasteiger partial charge in [0, 0.05) is 13.0 Å². The Morgan fingerprint density at radius 1 is 1.16 bits per heavy atom. The summed E-state index contributed by atoms with van der Waals surface area (Å²) in [4.78, 5) is 15.5. The summed E-state index contributed by atoms with van der Waals surface area (Å²) in [5, 5.41) is 11.1. The van der Waals surface area contributed by atoms with E-state index in [0.717, 1.165) is 18.7 Å². The lowest BCUT2D eigenvalue weighted by Gasteiger charge is -2.32. The van der Waals surface area contributed by atoms with Gasteiger partial charge in [0.1, 0.15) is 19.3 Å². The molecule has 0 spiro atoms. The molecule has 1 heterocycles. The van der Waals surface area contributed by atoms with Gasteiger partial charge < -0.3 is 15.6 Å². The normalized spacial score (nSPS) is 19.7. The molecular formula is C20H35N3O2. The smallest absolute Gasteiger partial charge is 0.207 e. The van der Waals surface area contributed by atoms with Crippen molar-refractivity contribution >= 4 is 11.8 Å². The minimum Gasteiger partial charge on any atom is -0.544 e. The number of carbonyl (C=O) groups excluding carboxylic acids is 1. The predicted molar refractivity (Wildman–Crippen MR) is 102 cm³/mol. The van der Waals surface area contributed by atoms with E-state index in [4.69, 9.17) is 5.73 Å². The molecule has 1 aliphatic heterocycles. The van der Waals surface area contributed by atoms with Crippen LogP contribution in [0.2, 0.25) is 0 Å². The molecule has 1 atom stereocenters. The molecule has 0 aromatic heterocycles. The zero-order valence-electron chi connectivity index (χ0n) is 15.8. The van der Waals surface area contributed by atoms with Crippen LogP contribution in [0.25, 0.3) is 0 Å². The number of hydrogen-bond acceptors (Lipinski definition) is 4. The van der Waals surface area contributed by atoms with Gasteiger partial charge in [-0.15, -0.1) is 0 Å². The molecule has 1 rings (SSSR count). The number of hydrogen-bond donors (Lipinski definition) is 1. The molecule has 1 unspecified atom stereocenters. The van der Waals surface area contributed by atoms with Crippen molar-refractivity contribution in [3.05, 3.63) is 24.6 Å². The maximum atomic E-state index is 11.1. The maximum absolute atomic E-state index is 11.1. The zero-order chi connectivity index (χ0) is 18.4. The number of amidine groups is 1. The molecule has 1 aliphatic rings. The molecule has 0 radical (unpaired) electrons. The van der Waals surface area contributed by atoms with Gasteiger partial charge >= 0.3 is 0 Å². The zero-order valence-corrected chi connectivity index (χ0v) is 15.8. The summed E-state index contributed by atoms with van der Waals surface area (Å²) >= 11 is 0. The van der Waals surface area contributed by atoms with E-state index in [9.17, 15) is 9.90 Å². The number of carboxylic acid groups (broad SMARTS) is 1. The minimum absolute atomic E-state index is 0.0713. The molecule has 0 aromatic rings. The molecule has 5 heteroatoms. The van der Waals surface area contributed by atoms with Crippen molar-refractivity contribution in [1.82, 2.24) is 0 Å². The largest absolute Gasteiger partial charge is 0.544 e. The Balaban J connectivity index is 2.17. The number of carbonyl (C=O) groups is 1.